The Hall–Kier alpha value is -0.910. The Balaban J connectivity index is 2.71. The Morgan fingerprint density at radius 2 is 1.79 bits per heavy atom. The van der Waals surface area contributed by atoms with Crippen molar-refractivity contribution in [2.24, 2.45) is 0 Å². The minimum atomic E-state index is -3.50. The first kappa shape index (κ1) is 16.1. The monoisotopic (exact) mass is 283 g/mol. The normalized spacial score (nSPS) is 11.9. The average Bonchev–Trinajstić information content (AvgIpc) is 2.42. The lowest BCUT2D eigenvalue weighted by Gasteiger charge is -2.22. The van der Waals surface area contributed by atoms with Gasteiger partial charge in [0.2, 0.25) is 0 Å². The maximum atomic E-state index is 12.2. The molecule has 0 aliphatic heterocycles. The highest BCUT2D eigenvalue weighted by molar-refractivity contribution is 7.89. The van der Waals surface area contributed by atoms with Crippen LogP contribution in [0.25, 0.3) is 0 Å². The molecule has 0 fully saturated rings. The molecule has 0 saturated heterocycles. The van der Waals surface area contributed by atoms with Gasteiger partial charge in [-0.2, -0.15) is 0 Å². The summed E-state index contributed by atoms with van der Waals surface area (Å²) in [4.78, 5) is 2.84. The number of hydrogen-bond acceptors (Lipinski definition) is 3. The first-order valence-electron chi connectivity index (χ1n) is 6.84. The smallest absolute Gasteiger partial charge is 0.230 e. The molecule has 1 rings (SSSR count). The Morgan fingerprint density at radius 3 is 2.26 bits per heavy atom. The highest BCUT2D eigenvalue weighted by atomic mass is 32.2. The predicted molar refractivity (Wildman–Crippen MR) is 77.0 cm³/mol. The molecule has 5 heteroatoms. The maximum absolute atomic E-state index is 12.2. The summed E-state index contributed by atoms with van der Waals surface area (Å²) in [7, 11) is -3.50. The van der Waals surface area contributed by atoms with E-state index in [9.17, 15) is 8.42 Å². The van der Waals surface area contributed by atoms with Gasteiger partial charge in [-0.05, 0) is 18.9 Å². The third-order valence-electron chi connectivity index (χ3n) is 2.78. The Bertz CT molecular complexity index is 438. The molecule has 0 aliphatic rings. The van der Waals surface area contributed by atoms with Crippen molar-refractivity contribution in [3.8, 4) is 0 Å². The average molecular weight is 283 g/mol. The minimum absolute atomic E-state index is 0.188. The number of nitrogens with one attached hydrogen (secondary N) is 1. The zero-order valence-electron chi connectivity index (χ0n) is 11.7. The van der Waals surface area contributed by atoms with E-state index >= 15 is 0 Å². The zero-order valence-corrected chi connectivity index (χ0v) is 12.5. The molecule has 107 valence electrons. The van der Waals surface area contributed by atoms with Gasteiger partial charge in [-0.15, -0.1) is 4.83 Å². The van der Waals surface area contributed by atoms with Gasteiger partial charge in [-0.3, -0.25) is 0 Å². The molecule has 1 aromatic carbocycles. The van der Waals surface area contributed by atoms with Gasteiger partial charge in [0.15, 0.2) is 0 Å². The van der Waals surface area contributed by atoms with Crippen molar-refractivity contribution in [3.63, 3.8) is 0 Å². The topological polar surface area (TPSA) is 49.4 Å². The molecule has 0 heterocycles. The van der Waals surface area contributed by atoms with Crippen LogP contribution in [-0.4, -0.2) is 26.5 Å². The fraction of sp³-hybridized carbons (Fsp3) is 0.571. The van der Waals surface area contributed by atoms with Crippen LogP contribution in [0, 0.1) is 6.07 Å². The van der Waals surface area contributed by atoms with Crippen LogP contribution in [0.1, 0.15) is 39.5 Å². The summed E-state index contributed by atoms with van der Waals surface area (Å²) in [5.41, 5.74) is 0. The van der Waals surface area contributed by atoms with Gasteiger partial charge in [-0.25, -0.2) is 13.4 Å². The molecule has 0 aromatic heterocycles. The van der Waals surface area contributed by atoms with Crippen LogP contribution < -0.4 is 4.83 Å². The number of unbranched alkanes of at least 4 members (excludes halogenated alkanes) is 2. The summed E-state index contributed by atoms with van der Waals surface area (Å²) >= 11 is 0. The van der Waals surface area contributed by atoms with Crippen molar-refractivity contribution in [1.29, 1.82) is 0 Å². The third-order valence-corrected chi connectivity index (χ3v) is 4.11. The second-order valence-electron chi connectivity index (χ2n) is 4.52. The Morgan fingerprint density at radius 1 is 1.16 bits per heavy atom. The number of hydrogen-bond donors (Lipinski definition) is 1. The fourth-order valence-electron chi connectivity index (χ4n) is 1.66. The first-order chi connectivity index (χ1) is 9.10. The number of nitrogens with zero attached hydrogens (tertiary/aromatic N) is 1. The van der Waals surface area contributed by atoms with E-state index in [1.54, 1.807) is 29.3 Å². The van der Waals surface area contributed by atoms with Gasteiger partial charge < -0.3 is 0 Å². The summed E-state index contributed by atoms with van der Waals surface area (Å²) in [5.74, 6) is 0. The lowest BCUT2D eigenvalue weighted by molar-refractivity contribution is 0.233. The first-order valence-corrected chi connectivity index (χ1v) is 8.32. The molecule has 0 saturated carbocycles. The van der Waals surface area contributed by atoms with Crippen LogP contribution in [0.4, 0.5) is 0 Å². The molecule has 1 N–H and O–H groups in total. The van der Waals surface area contributed by atoms with Crippen LogP contribution >= 0.6 is 0 Å². The molecular formula is C14H23N2O2S. The standard InChI is InChI=1S/C14H23N2O2S/c1-3-5-12-16(13-6-4-2)15-19(17,18)14-10-8-7-9-11-14/h7-10,15H,3-6,12-13H2,1-2H3. The lowest BCUT2D eigenvalue weighted by atomic mass is 10.3. The van der Waals surface area contributed by atoms with Gasteiger partial charge >= 0.3 is 0 Å². The summed E-state index contributed by atoms with van der Waals surface area (Å²) in [6.45, 7) is 5.67. The second kappa shape index (κ2) is 8.30. The molecule has 19 heavy (non-hydrogen) atoms. The molecule has 0 amide bonds. The Kier molecular flexibility index (Phi) is 7.05. The van der Waals surface area contributed by atoms with E-state index in [1.807, 2.05) is 0 Å². The second-order valence-corrected chi connectivity index (χ2v) is 6.14. The van der Waals surface area contributed by atoms with Gasteiger partial charge in [0.25, 0.3) is 10.0 Å². The van der Waals surface area contributed by atoms with Gasteiger partial charge in [0.1, 0.15) is 0 Å². The third kappa shape index (κ3) is 5.72. The van der Waals surface area contributed by atoms with Crippen molar-refractivity contribution >= 4 is 10.0 Å². The van der Waals surface area contributed by atoms with Crippen LogP contribution in [0.5, 0.6) is 0 Å². The van der Waals surface area contributed by atoms with E-state index in [0.29, 0.717) is 0 Å². The number of sulfonamides is 1. The number of benzene rings is 1. The van der Waals surface area contributed by atoms with E-state index in [0.717, 1.165) is 38.8 Å². The van der Waals surface area contributed by atoms with Crippen molar-refractivity contribution in [1.82, 2.24) is 9.84 Å². The van der Waals surface area contributed by atoms with Crippen molar-refractivity contribution < 1.29 is 8.42 Å². The molecule has 1 aromatic rings. The molecule has 0 atom stereocenters. The molecule has 4 nitrogen and oxygen atoms in total. The van der Waals surface area contributed by atoms with Crippen molar-refractivity contribution in [2.75, 3.05) is 13.1 Å². The largest absolute Gasteiger partial charge is 0.254 e. The number of hydrazine groups is 1. The van der Waals surface area contributed by atoms with Crippen LogP contribution in [0.3, 0.4) is 0 Å². The lowest BCUT2D eigenvalue weighted by Crippen LogP contribution is -2.43. The summed E-state index contributed by atoms with van der Waals surface area (Å²) in [6, 6.07) is 9.37. The quantitative estimate of drug-likeness (QED) is 0.709. The van der Waals surface area contributed by atoms with Crippen LogP contribution in [-0.2, 0) is 10.0 Å². The van der Waals surface area contributed by atoms with E-state index in [1.165, 1.54) is 0 Å². The maximum Gasteiger partial charge on any atom is 0.254 e. The molecular weight excluding hydrogens is 260 g/mol. The molecule has 1 radical (unpaired) electrons. The van der Waals surface area contributed by atoms with Gasteiger partial charge in [0.05, 0.1) is 4.90 Å². The predicted octanol–water partition coefficient (Wildman–Crippen LogP) is 2.58. The minimum Gasteiger partial charge on any atom is -0.230 e. The highest BCUT2D eigenvalue weighted by Crippen LogP contribution is 2.08. The van der Waals surface area contributed by atoms with Crippen molar-refractivity contribution in [2.45, 2.75) is 44.4 Å². The van der Waals surface area contributed by atoms with Gasteiger partial charge in [-0.1, -0.05) is 44.9 Å². The van der Waals surface area contributed by atoms with E-state index < -0.39 is 10.0 Å². The van der Waals surface area contributed by atoms with Crippen LogP contribution in [0.15, 0.2) is 29.2 Å². The summed E-state index contributed by atoms with van der Waals surface area (Å²) < 4.78 is 24.4. The summed E-state index contributed by atoms with van der Waals surface area (Å²) in [5, 5.41) is 1.79. The Labute approximate surface area is 116 Å². The fourth-order valence-corrected chi connectivity index (χ4v) is 2.77. The molecule has 0 bridgehead atoms. The number of rotatable bonds is 9. The molecule has 0 aliphatic carbocycles. The van der Waals surface area contributed by atoms with E-state index in [2.05, 4.69) is 24.7 Å². The zero-order chi connectivity index (χ0) is 14.1. The van der Waals surface area contributed by atoms with Crippen LogP contribution in [0.2, 0.25) is 0 Å². The highest BCUT2D eigenvalue weighted by Gasteiger charge is 2.17. The molecule has 0 spiro atoms. The molecule has 0 unspecified atom stereocenters. The van der Waals surface area contributed by atoms with Gasteiger partial charge in [0, 0.05) is 19.2 Å². The SMILES string of the molecule is CCCCN(CCCC)NS(=O)(=O)c1[c]cccc1. The van der Waals surface area contributed by atoms with E-state index in [-0.39, 0.29) is 4.90 Å². The van der Waals surface area contributed by atoms with Crippen molar-refractivity contribution in [3.05, 3.63) is 30.3 Å². The van der Waals surface area contributed by atoms with E-state index in [4.69, 9.17) is 0 Å². The summed E-state index contributed by atoms with van der Waals surface area (Å²) in [6.07, 6.45) is 4.04.